The first-order valence-corrected chi connectivity index (χ1v) is 9.35. The second kappa shape index (κ2) is 6.57. The summed E-state index contributed by atoms with van der Waals surface area (Å²) in [4.78, 5) is 0.235. The van der Waals surface area contributed by atoms with E-state index in [0.29, 0.717) is 10.9 Å². The van der Waals surface area contributed by atoms with Crippen molar-refractivity contribution in [2.45, 2.75) is 36.6 Å². The van der Waals surface area contributed by atoms with Crippen molar-refractivity contribution in [3.05, 3.63) is 29.3 Å². The van der Waals surface area contributed by atoms with E-state index in [1.54, 1.807) is 18.2 Å². The van der Waals surface area contributed by atoms with Crippen LogP contribution in [0.15, 0.2) is 29.2 Å². The lowest BCUT2D eigenvalue weighted by Crippen LogP contribution is -2.42. The van der Waals surface area contributed by atoms with Crippen molar-refractivity contribution in [3.63, 3.8) is 0 Å². The number of nitrogens with one attached hydrogen (secondary N) is 1. The van der Waals surface area contributed by atoms with E-state index in [4.69, 9.17) is 11.6 Å². The third kappa shape index (κ3) is 3.94. The van der Waals surface area contributed by atoms with Crippen LogP contribution in [0.3, 0.4) is 0 Å². The number of hydrogen-bond acceptors (Lipinski definition) is 2. The molecule has 0 saturated heterocycles. The van der Waals surface area contributed by atoms with Gasteiger partial charge in [-0.05, 0) is 37.0 Å². The van der Waals surface area contributed by atoms with Gasteiger partial charge in [-0.25, -0.2) is 13.1 Å². The molecule has 0 bridgehead atoms. The van der Waals surface area contributed by atoms with E-state index in [9.17, 15) is 8.42 Å². The molecular weight excluding hydrogens is 350 g/mol. The van der Waals surface area contributed by atoms with Crippen LogP contribution < -0.4 is 4.72 Å². The van der Waals surface area contributed by atoms with Gasteiger partial charge in [0, 0.05) is 16.4 Å². The number of sulfonamides is 1. The van der Waals surface area contributed by atoms with Crippen LogP contribution >= 0.6 is 27.5 Å². The fourth-order valence-electron chi connectivity index (χ4n) is 2.45. The molecule has 1 saturated carbocycles. The monoisotopic (exact) mass is 365 g/mol. The summed E-state index contributed by atoms with van der Waals surface area (Å²) >= 11 is 9.32. The van der Waals surface area contributed by atoms with Crippen LogP contribution in [0.2, 0.25) is 5.02 Å². The molecule has 3 nitrogen and oxygen atoms in total. The lowest BCUT2D eigenvalue weighted by molar-refractivity contribution is 0.316. The van der Waals surface area contributed by atoms with Crippen molar-refractivity contribution in [2.24, 2.45) is 5.92 Å². The van der Waals surface area contributed by atoms with Crippen LogP contribution in [0, 0.1) is 5.92 Å². The summed E-state index contributed by atoms with van der Waals surface area (Å²) < 4.78 is 27.5. The van der Waals surface area contributed by atoms with E-state index in [1.165, 1.54) is 12.5 Å². The van der Waals surface area contributed by atoms with Gasteiger partial charge in [-0.3, -0.25) is 0 Å². The Balaban J connectivity index is 2.16. The zero-order valence-corrected chi connectivity index (χ0v) is 13.6. The molecular formula is C13H17BrClNO2S. The molecule has 19 heavy (non-hydrogen) atoms. The predicted octanol–water partition coefficient (Wildman–Crippen LogP) is 3.57. The standard InChI is InChI=1S/C13H17BrClNO2S/c14-9-10-4-1-2-7-13(10)16-19(17,18)12-6-3-5-11(15)8-12/h3,5-6,8,10,13,16H,1-2,4,7,9H2. The molecule has 0 radical (unpaired) electrons. The minimum atomic E-state index is -3.48. The van der Waals surface area contributed by atoms with Crippen LogP contribution in [0.1, 0.15) is 25.7 Å². The predicted molar refractivity (Wildman–Crippen MR) is 81.3 cm³/mol. The van der Waals surface area contributed by atoms with Gasteiger partial charge in [0.25, 0.3) is 0 Å². The normalized spacial score (nSPS) is 24.3. The van der Waals surface area contributed by atoms with Crippen molar-refractivity contribution in [1.29, 1.82) is 0 Å². The highest BCUT2D eigenvalue weighted by Crippen LogP contribution is 2.27. The zero-order valence-electron chi connectivity index (χ0n) is 10.5. The molecule has 106 valence electrons. The number of alkyl halides is 1. The van der Waals surface area contributed by atoms with Crippen LogP contribution in [0.25, 0.3) is 0 Å². The van der Waals surface area contributed by atoms with Crippen molar-refractivity contribution in [3.8, 4) is 0 Å². The lowest BCUT2D eigenvalue weighted by atomic mass is 9.87. The van der Waals surface area contributed by atoms with Crippen molar-refractivity contribution >= 4 is 37.6 Å². The Hall–Kier alpha value is -0.100. The summed E-state index contributed by atoms with van der Waals surface area (Å²) in [6.45, 7) is 0. The van der Waals surface area contributed by atoms with Gasteiger partial charge in [0.15, 0.2) is 0 Å². The van der Waals surface area contributed by atoms with Crippen LogP contribution in [-0.4, -0.2) is 19.8 Å². The average Bonchev–Trinajstić information content (AvgIpc) is 2.39. The van der Waals surface area contributed by atoms with E-state index in [0.717, 1.165) is 24.6 Å². The van der Waals surface area contributed by atoms with E-state index in [1.807, 2.05) is 0 Å². The summed E-state index contributed by atoms with van der Waals surface area (Å²) in [5, 5.41) is 1.26. The summed E-state index contributed by atoms with van der Waals surface area (Å²) in [6.07, 6.45) is 4.21. The van der Waals surface area contributed by atoms with Gasteiger partial charge < -0.3 is 0 Å². The fraction of sp³-hybridized carbons (Fsp3) is 0.538. The van der Waals surface area contributed by atoms with Gasteiger partial charge in [0.1, 0.15) is 0 Å². The second-order valence-corrected chi connectivity index (χ2v) is 7.68. The highest BCUT2D eigenvalue weighted by Gasteiger charge is 2.28. The Kier molecular flexibility index (Phi) is 5.29. The Bertz CT molecular complexity index is 535. The zero-order chi connectivity index (χ0) is 13.9. The molecule has 0 amide bonds. The molecule has 0 heterocycles. The first-order chi connectivity index (χ1) is 9.03. The highest BCUT2D eigenvalue weighted by molar-refractivity contribution is 9.09. The molecule has 2 atom stereocenters. The van der Waals surface area contributed by atoms with Gasteiger partial charge in [-0.15, -0.1) is 0 Å². The fourth-order valence-corrected chi connectivity index (χ4v) is 4.86. The maximum atomic E-state index is 12.3. The number of hydrogen-bond donors (Lipinski definition) is 1. The number of benzene rings is 1. The maximum Gasteiger partial charge on any atom is 0.240 e. The summed E-state index contributed by atoms with van der Waals surface area (Å²) in [6, 6.07) is 6.38. The van der Waals surface area contributed by atoms with Crippen molar-refractivity contribution < 1.29 is 8.42 Å². The SMILES string of the molecule is O=S(=O)(NC1CCCCC1CBr)c1cccc(Cl)c1. The van der Waals surface area contributed by atoms with E-state index >= 15 is 0 Å². The molecule has 1 aromatic rings. The van der Waals surface area contributed by atoms with Gasteiger partial charge in [0.05, 0.1) is 4.90 Å². The number of halogens is 2. The largest absolute Gasteiger partial charge is 0.240 e. The van der Waals surface area contributed by atoms with Crippen LogP contribution in [-0.2, 0) is 10.0 Å². The van der Waals surface area contributed by atoms with E-state index in [2.05, 4.69) is 20.7 Å². The molecule has 0 aromatic heterocycles. The molecule has 6 heteroatoms. The Morgan fingerprint density at radius 3 is 2.74 bits per heavy atom. The van der Waals surface area contributed by atoms with Crippen LogP contribution in [0.5, 0.6) is 0 Å². The first kappa shape index (κ1) is 15.3. The smallest absolute Gasteiger partial charge is 0.208 e. The summed E-state index contributed by atoms with van der Waals surface area (Å²) in [5.41, 5.74) is 0. The molecule has 1 aromatic carbocycles. The lowest BCUT2D eigenvalue weighted by Gasteiger charge is -2.30. The summed E-state index contributed by atoms with van der Waals surface area (Å²) in [5.74, 6) is 0.364. The molecule has 1 aliphatic rings. The minimum absolute atomic E-state index is 0.0112. The quantitative estimate of drug-likeness (QED) is 0.828. The molecule has 2 unspecified atom stereocenters. The third-order valence-corrected chi connectivity index (χ3v) is 6.07. The number of rotatable bonds is 4. The van der Waals surface area contributed by atoms with Crippen molar-refractivity contribution in [2.75, 3.05) is 5.33 Å². The minimum Gasteiger partial charge on any atom is -0.208 e. The van der Waals surface area contributed by atoms with E-state index < -0.39 is 10.0 Å². The molecule has 1 N–H and O–H groups in total. The molecule has 1 fully saturated rings. The van der Waals surface area contributed by atoms with Gasteiger partial charge in [0.2, 0.25) is 10.0 Å². The van der Waals surface area contributed by atoms with Gasteiger partial charge in [-0.1, -0.05) is 46.4 Å². The molecule has 1 aliphatic carbocycles. The van der Waals surface area contributed by atoms with Crippen molar-refractivity contribution in [1.82, 2.24) is 4.72 Å². The molecule has 2 rings (SSSR count). The third-order valence-electron chi connectivity index (χ3n) is 3.52. The van der Waals surface area contributed by atoms with E-state index in [-0.39, 0.29) is 10.9 Å². The maximum absolute atomic E-state index is 12.3. The summed E-state index contributed by atoms with van der Waals surface area (Å²) in [7, 11) is -3.48. The Labute approximate surface area is 127 Å². The van der Waals surface area contributed by atoms with Crippen LogP contribution in [0.4, 0.5) is 0 Å². The first-order valence-electron chi connectivity index (χ1n) is 6.37. The highest BCUT2D eigenvalue weighted by atomic mass is 79.9. The van der Waals surface area contributed by atoms with Gasteiger partial charge in [-0.2, -0.15) is 0 Å². The average molecular weight is 367 g/mol. The second-order valence-electron chi connectivity index (χ2n) is 4.88. The Morgan fingerprint density at radius 2 is 2.05 bits per heavy atom. The van der Waals surface area contributed by atoms with Gasteiger partial charge >= 0.3 is 0 Å². The molecule has 0 spiro atoms. The topological polar surface area (TPSA) is 46.2 Å². The molecule has 0 aliphatic heterocycles. The Morgan fingerprint density at radius 1 is 1.32 bits per heavy atom.